The first-order valence-electron chi connectivity index (χ1n) is 5.37. The number of hydrogen-bond acceptors (Lipinski definition) is 2. The molecular formula is C12H16BrNO. The Morgan fingerprint density at radius 3 is 2.60 bits per heavy atom. The van der Waals surface area contributed by atoms with Gasteiger partial charge in [0.15, 0.2) is 0 Å². The summed E-state index contributed by atoms with van der Waals surface area (Å²) < 4.78 is 0.758. The molecule has 15 heavy (non-hydrogen) atoms. The summed E-state index contributed by atoms with van der Waals surface area (Å²) in [6.45, 7) is 2.10. The zero-order valence-electron chi connectivity index (χ0n) is 8.89. The van der Waals surface area contributed by atoms with E-state index >= 15 is 0 Å². The lowest BCUT2D eigenvalue weighted by Crippen LogP contribution is -2.43. The molecule has 82 valence electrons. The third kappa shape index (κ3) is 1.79. The monoisotopic (exact) mass is 269 g/mol. The van der Waals surface area contributed by atoms with E-state index in [9.17, 15) is 5.11 Å². The van der Waals surface area contributed by atoms with Crippen LogP contribution in [0.15, 0.2) is 16.6 Å². The van der Waals surface area contributed by atoms with E-state index in [1.54, 1.807) is 0 Å². The zero-order valence-corrected chi connectivity index (χ0v) is 10.5. The highest BCUT2D eigenvalue weighted by atomic mass is 79.9. The van der Waals surface area contributed by atoms with Gasteiger partial charge in [-0.2, -0.15) is 0 Å². The summed E-state index contributed by atoms with van der Waals surface area (Å²) in [6.07, 6.45) is 4.06. The van der Waals surface area contributed by atoms with Crippen LogP contribution >= 0.6 is 15.9 Å². The van der Waals surface area contributed by atoms with Crippen molar-refractivity contribution in [2.24, 2.45) is 5.73 Å². The predicted octanol–water partition coefficient (Wildman–Crippen LogP) is 3.06. The van der Waals surface area contributed by atoms with Crippen LogP contribution in [0, 0.1) is 0 Å². The van der Waals surface area contributed by atoms with Gasteiger partial charge in [-0.3, -0.25) is 0 Å². The van der Waals surface area contributed by atoms with Crippen LogP contribution in [0.2, 0.25) is 0 Å². The average molecular weight is 270 g/mol. The smallest absolute Gasteiger partial charge is 0.134 e. The number of aromatic hydroxyl groups is 1. The number of hydrogen-bond donors (Lipinski definition) is 2. The van der Waals surface area contributed by atoms with Crippen molar-refractivity contribution in [1.82, 2.24) is 0 Å². The molecule has 1 fully saturated rings. The first kappa shape index (κ1) is 11.0. The van der Waals surface area contributed by atoms with Gasteiger partial charge < -0.3 is 10.8 Å². The van der Waals surface area contributed by atoms with Gasteiger partial charge in [-0.1, -0.05) is 13.0 Å². The van der Waals surface area contributed by atoms with Crippen molar-refractivity contribution in [2.75, 3.05) is 0 Å². The summed E-state index contributed by atoms with van der Waals surface area (Å²) in [5.41, 5.74) is 8.06. The van der Waals surface area contributed by atoms with Crippen molar-refractivity contribution in [3.8, 4) is 5.75 Å². The number of rotatable bonds is 2. The van der Waals surface area contributed by atoms with Crippen LogP contribution in [-0.2, 0) is 12.0 Å². The van der Waals surface area contributed by atoms with Gasteiger partial charge in [-0.05, 0) is 53.2 Å². The second-order valence-corrected chi connectivity index (χ2v) is 5.19. The van der Waals surface area contributed by atoms with Crippen LogP contribution < -0.4 is 5.73 Å². The van der Waals surface area contributed by atoms with E-state index in [2.05, 4.69) is 22.9 Å². The number of phenols is 1. The van der Waals surface area contributed by atoms with Gasteiger partial charge in [0.2, 0.25) is 0 Å². The van der Waals surface area contributed by atoms with Crippen molar-refractivity contribution in [3.63, 3.8) is 0 Å². The molecule has 0 unspecified atom stereocenters. The molecule has 2 nitrogen and oxygen atoms in total. The molecule has 1 aliphatic carbocycles. The lowest BCUT2D eigenvalue weighted by molar-refractivity contribution is 0.245. The quantitative estimate of drug-likeness (QED) is 0.867. The number of halogens is 1. The first-order chi connectivity index (χ1) is 7.07. The first-order valence-corrected chi connectivity index (χ1v) is 6.17. The molecule has 0 aliphatic heterocycles. The molecule has 0 saturated heterocycles. The molecule has 0 heterocycles. The minimum absolute atomic E-state index is 0.294. The van der Waals surface area contributed by atoms with Gasteiger partial charge in [-0.15, -0.1) is 0 Å². The normalized spacial score (nSPS) is 18.6. The fourth-order valence-electron chi connectivity index (χ4n) is 2.07. The maximum Gasteiger partial charge on any atom is 0.134 e. The number of nitrogens with two attached hydrogens (primary N) is 1. The summed E-state index contributed by atoms with van der Waals surface area (Å²) in [5, 5.41) is 9.99. The van der Waals surface area contributed by atoms with Crippen LogP contribution in [0.5, 0.6) is 5.75 Å². The molecule has 0 radical (unpaired) electrons. The molecule has 0 spiro atoms. The Kier molecular flexibility index (Phi) is 2.77. The Morgan fingerprint density at radius 1 is 1.47 bits per heavy atom. The molecule has 3 heteroatoms. The third-order valence-electron chi connectivity index (χ3n) is 3.31. The summed E-state index contributed by atoms with van der Waals surface area (Å²) in [4.78, 5) is 0. The highest BCUT2D eigenvalue weighted by Crippen LogP contribution is 2.45. The van der Waals surface area contributed by atoms with E-state index in [1.807, 2.05) is 12.1 Å². The van der Waals surface area contributed by atoms with Gasteiger partial charge >= 0.3 is 0 Å². The van der Waals surface area contributed by atoms with Crippen LogP contribution in [0.4, 0.5) is 0 Å². The molecule has 0 aromatic heterocycles. The average Bonchev–Trinajstić information content (AvgIpc) is 2.18. The summed E-state index contributed by atoms with van der Waals surface area (Å²) in [6, 6.07) is 4.00. The van der Waals surface area contributed by atoms with E-state index in [4.69, 9.17) is 5.73 Å². The van der Waals surface area contributed by atoms with E-state index in [0.717, 1.165) is 35.7 Å². The highest BCUT2D eigenvalue weighted by molar-refractivity contribution is 9.10. The van der Waals surface area contributed by atoms with Gasteiger partial charge in [0.25, 0.3) is 0 Å². The second kappa shape index (κ2) is 3.80. The van der Waals surface area contributed by atoms with E-state index in [-0.39, 0.29) is 5.54 Å². The molecule has 3 N–H and O–H groups in total. The molecule has 1 aromatic rings. The number of aryl methyl sites for hydroxylation is 1. The van der Waals surface area contributed by atoms with Crippen LogP contribution in [0.25, 0.3) is 0 Å². The molecule has 1 aromatic carbocycles. The van der Waals surface area contributed by atoms with E-state index < -0.39 is 0 Å². The fourth-order valence-corrected chi connectivity index (χ4v) is 2.57. The largest absolute Gasteiger partial charge is 0.506 e. The molecule has 1 saturated carbocycles. The van der Waals surface area contributed by atoms with Gasteiger partial charge in [-0.25, -0.2) is 0 Å². The van der Waals surface area contributed by atoms with E-state index in [1.165, 1.54) is 5.56 Å². The zero-order chi connectivity index (χ0) is 11.1. The maximum absolute atomic E-state index is 9.99. The fraction of sp³-hybridized carbons (Fsp3) is 0.500. The van der Waals surface area contributed by atoms with Gasteiger partial charge in [0, 0.05) is 11.1 Å². The molecule has 1 aliphatic rings. The Balaban J connectivity index is 2.49. The Hall–Kier alpha value is -0.540. The minimum Gasteiger partial charge on any atom is -0.506 e. The molecule has 0 bridgehead atoms. The van der Waals surface area contributed by atoms with Gasteiger partial charge in [0.1, 0.15) is 5.75 Å². The Bertz CT molecular complexity index is 385. The molecule has 0 amide bonds. The third-order valence-corrected chi connectivity index (χ3v) is 3.92. The van der Waals surface area contributed by atoms with Crippen molar-refractivity contribution in [1.29, 1.82) is 0 Å². The predicted molar refractivity (Wildman–Crippen MR) is 64.9 cm³/mol. The van der Waals surface area contributed by atoms with Crippen LogP contribution in [0.3, 0.4) is 0 Å². The number of phenolic OH excluding ortho intramolecular Hbond substituents is 1. The summed E-state index contributed by atoms with van der Waals surface area (Å²) >= 11 is 3.38. The van der Waals surface area contributed by atoms with Crippen molar-refractivity contribution < 1.29 is 5.11 Å². The Morgan fingerprint density at radius 2 is 2.13 bits per heavy atom. The highest BCUT2D eigenvalue weighted by Gasteiger charge is 2.37. The van der Waals surface area contributed by atoms with E-state index in [0.29, 0.717) is 5.75 Å². The number of benzene rings is 1. The van der Waals surface area contributed by atoms with Crippen LogP contribution in [0.1, 0.15) is 37.3 Å². The lowest BCUT2D eigenvalue weighted by Gasteiger charge is -2.39. The van der Waals surface area contributed by atoms with Crippen molar-refractivity contribution >= 4 is 15.9 Å². The van der Waals surface area contributed by atoms with Crippen molar-refractivity contribution in [3.05, 3.63) is 27.7 Å². The van der Waals surface area contributed by atoms with Crippen molar-refractivity contribution in [2.45, 2.75) is 38.1 Å². The van der Waals surface area contributed by atoms with Gasteiger partial charge in [0.05, 0.1) is 4.47 Å². The SMILES string of the molecule is CCc1cc(Br)c(O)c(C2(N)CCC2)c1. The Labute approximate surface area is 98.6 Å². The summed E-state index contributed by atoms with van der Waals surface area (Å²) in [5.74, 6) is 0.314. The van der Waals surface area contributed by atoms with Crippen LogP contribution in [-0.4, -0.2) is 5.11 Å². The standard InChI is InChI=1S/C12H16BrNO/c1-2-8-6-9(11(15)10(13)7-8)12(14)4-3-5-12/h6-7,15H,2-5,14H2,1H3. The molecule has 0 atom stereocenters. The topological polar surface area (TPSA) is 46.2 Å². The summed E-state index contributed by atoms with van der Waals surface area (Å²) in [7, 11) is 0. The maximum atomic E-state index is 9.99. The minimum atomic E-state index is -0.294. The lowest BCUT2D eigenvalue weighted by atomic mass is 9.72. The molecular weight excluding hydrogens is 254 g/mol. The second-order valence-electron chi connectivity index (χ2n) is 4.34. The molecule has 2 rings (SSSR count).